The summed E-state index contributed by atoms with van der Waals surface area (Å²) in [6.07, 6.45) is -2.51. The van der Waals surface area contributed by atoms with Crippen molar-refractivity contribution in [1.82, 2.24) is 15.0 Å². The number of pyridine rings is 1. The van der Waals surface area contributed by atoms with Gasteiger partial charge in [0, 0.05) is 43.1 Å². The SMILES string of the molecule is Nc1c(Nc2ncc(C(F)(F)F)cc2Cl)ncnc1N1CCN(c2cccc(Cl)c2)CC1. The van der Waals surface area contributed by atoms with Crippen LogP contribution in [-0.2, 0) is 6.18 Å². The number of alkyl halides is 3. The molecule has 0 spiro atoms. The van der Waals surface area contributed by atoms with E-state index in [1.165, 1.54) is 6.33 Å². The summed E-state index contributed by atoms with van der Waals surface area (Å²) in [6.45, 7) is 2.79. The summed E-state index contributed by atoms with van der Waals surface area (Å²) in [5.74, 6) is 0.750. The zero-order chi connectivity index (χ0) is 22.9. The third kappa shape index (κ3) is 4.76. The van der Waals surface area contributed by atoms with E-state index < -0.39 is 11.7 Å². The maximum atomic E-state index is 12.8. The van der Waals surface area contributed by atoms with Crippen LogP contribution in [0.4, 0.5) is 42.0 Å². The molecule has 3 N–H and O–H groups in total. The molecule has 32 heavy (non-hydrogen) atoms. The van der Waals surface area contributed by atoms with Crippen LogP contribution in [0.3, 0.4) is 0 Å². The number of hydrogen-bond donors (Lipinski definition) is 2. The van der Waals surface area contributed by atoms with Crippen LogP contribution >= 0.6 is 23.2 Å². The Labute approximate surface area is 192 Å². The maximum absolute atomic E-state index is 12.8. The van der Waals surface area contributed by atoms with Crippen LogP contribution in [0.2, 0.25) is 10.0 Å². The molecule has 7 nitrogen and oxygen atoms in total. The standard InChI is InChI=1S/C20H18Cl2F3N7/c21-13-2-1-3-14(9-13)31-4-6-32(7-5-31)19-16(26)18(28-11-29-19)30-17-15(22)8-12(10-27-17)20(23,24)25/h1-3,8-11H,4-7,26H2,(H,27,28,29,30). The van der Waals surface area contributed by atoms with Gasteiger partial charge in [0.1, 0.15) is 17.8 Å². The van der Waals surface area contributed by atoms with E-state index in [-0.39, 0.29) is 22.3 Å². The summed E-state index contributed by atoms with van der Waals surface area (Å²) in [6, 6.07) is 8.45. The van der Waals surface area contributed by atoms with Crippen LogP contribution in [0.15, 0.2) is 42.9 Å². The van der Waals surface area contributed by atoms with Crippen molar-refractivity contribution in [1.29, 1.82) is 0 Å². The van der Waals surface area contributed by atoms with Crippen molar-refractivity contribution in [3.8, 4) is 0 Å². The lowest BCUT2D eigenvalue weighted by Gasteiger charge is -2.37. The Kier molecular flexibility index (Phi) is 6.16. The minimum atomic E-state index is -4.54. The number of nitrogens with one attached hydrogen (secondary N) is 1. The second-order valence-electron chi connectivity index (χ2n) is 7.09. The number of hydrogen-bond acceptors (Lipinski definition) is 7. The lowest BCUT2D eigenvalue weighted by molar-refractivity contribution is -0.137. The quantitative estimate of drug-likeness (QED) is 0.548. The first-order valence-electron chi connectivity index (χ1n) is 9.58. The van der Waals surface area contributed by atoms with Gasteiger partial charge in [0.05, 0.1) is 10.6 Å². The molecule has 3 heterocycles. The Balaban J connectivity index is 1.49. The average Bonchev–Trinajstić information content (AvgIpc) is 2.76. The summed E-state index contributed by atoms with van der Waals surface area (Å²) >= 11 is 12.1. The number of benzene rings is 1. The van der Waals surface area contributed by atoms with Crippen molar-refractivity contribution >= 4 is 52.0 Å². The summed E-state index contributed by atoms with van der Waals surface area (Å²) in [4.78, 5) is 16.4. The molecule has 1 fully saturated rings. The molecule has 2 aromatic heterocycles. The third-order valence-corrected chi connectivity index (χ3v) is 5.54. The molecule has 3 aromatic rings. The number of nitrogen functional groups attached to an aromatic ring is 1. The first kappa shape index (κ1) is 22.2. The molecule has 0 aliphatic carbocycles. The van der Waals surface area contributed by atoms with Gasteiger partial charge in [-0.25, -0.2) is 15.0 Å². The van der Waals surface area contributed by atoms with Gasteiger partial charge in [-0.15, -0.1) is 0 Å². The minimum Gasteiger partial charge on any atom is -0.393 e. The lowest BCUT2D eigenvalue weighted by Crippen LogP contribution is -2.47. The number of rotatable bonds is 4. The Morgan fingerprint density at radius 3 is 2.31 bits per heavy atom. The average molecular weight is 484 g/mol. The zero-order valence-corrected chi connectivity index (χ0v) is 18.1. The van der Waals surface area contributed by atoms with Crippen LogP contribution in [0.5, 0.6) is 0 Å². The number of halogens is 5. The predicted octanol–water partition coefficient (Wildman–Crippen LogP) is 4.85. The summed E-state index contributed by atoms with van der Waals surface area (Å²) in [5.41, 5.74) is 6.61. The molecule has 1 aromatic carbocycles. The maximum Gasteiger partial charge on any atom is 0.417 e. The monoisotopic (exact) mass is 483 g/mol. The number of nitrogens with zero attached hydrogens (tertiary/aromatic N) is 5. The number of piperazine rings is 1. The molecule has 0 saturated carbocycles. The van der Waals surface area contributed by atoms with E-state index in [1.807, 2.05) is 29.2 Å². The summed E-state index contributed by atoms with van der Waals surface area (Å²) in [5, 5.41) is 3.28. The van der Waals surface area contributed by atoms with E-state index in [2.05, 4.69) is 25.2 Å². The fourth-order valence-corrected chi connectivity index (χ4v) is 3.78. The van der Waals surface area contributed by atoms with Crippen LogP contribution in [0.1, 0.15) is 5.56 Å². The Morgan fingerprint density at radius 1 is 0.938 bits per heavy atom. The first-order valence-corrected chi connectivity index (χ1v) is 10.3. The summed E-state index contributed by atoms with van der Waals surface area (Å²) < 4.78 is 38.5. The number of nitrogens with two attached hydrogens (primary N) is 1. The Bertz CT molecular complexity index is 1120. The molecule has 0 atom stereocenters. The lowest BCUT2D eigenvalue weighted by atomic mass is 10.2. The van der Waals surface area contributed by atoms with Crippen molar-refractivity contribution < 1.29 is 13.2 Å². The highest BCUT2D eigenvalue weighted by Crippen LogP contribution is 2.35. The van der Waals surface area contributed by atoms with Crippen LogP contribution in [0.25, 0.3) is 0 Å². The Morgan fingerprint density at radius 2 is 1.66 bits per heavy atom. The molecule has 1 saturated heterocycles. The van der Waals surface area contributed by atoms with Gasteiger partial charge in [-0.3, -0.25) is 0 Å². The van der Waals surface area contributed by atoms with Crippen molar-refractivity contribution in [3.05, 3.63) is 58.5 Å². The molecule has 4 rings (SSSR count). The highest BCUT2D eigenvalue weighted by atomic mass is 35.5. The summed E-state index contributed by atoms with van der Waals surface area (Å²) in [7, 11) is 0. The van der Waals surface area contributed by atoms with Crippen LogP contribution in [0, 0.1) is 0 Å². The minimum absolute atomic E-state index is 0.0155. The molecule has 1 aliphatic rings. The van der Waals surface area contributed by atoms with E-state index in [9.17, 15) is 13.2 Å². The van der Waals surface area contributed by atoms with Gasteiger partial charge in [0.15, 0.2) is 11.6 Å². The van der Waals surface area contributed by atoms with Gasteiger partial charge in [-0.05, 0) is 24.3 Å². The third-order valence-electron chi connectivity index (χ3n) is 5.02. The number of anilines is 5. The van der Waals surface area contributed by atoms with E-state index in [1.54, 1.807) is 0 Å². The van der Waals surface area contributed by atoms with E-state index in [0.29, 0.717) is 30.1 Å². The zero-order valence-electron chi connectivity index (χ0n) is 16.6. The molecular formula is C20H18Cl2F3N7. The predicted molar refractivity (Wildman–Crippen MR) is 120 cm³/mol. The second-order valence-corrected chi connectivity index (χ2v) is 7.93. The van der Waals surface area contributed by atoms with Crippen molar-refractivity contribution in [2.75, 3.05) is 47.0 Å². The normalized spacial score (nSPS) is 14.5. The molecule has 168 valence electrons. The van der Waals surface area contributed by atoms with Gasteiger partial charge < -0.3 is 20.9 Å². The largest absolute Gasteiger partial charge is 0.417 e. The highest BCUT2D eigenvalue weighted by molar-refractivity contribution is 6.33. The Hall–Kier alpha value is -2.98. The first-order chi connectivity index (χ1) is 15.2. The van der Waals surface area contributed by atoms with Crippen LogP contribution in [-0.4, -0.2) is 41.1 Å². The smallest absolute Gasteiger partial charge is 0.393 e. The molecule has 0 unspecified atom stereocenters. The van der Waals surface area contributed by atoms with Crippen LogP contribution < -0.4 is 20.9 Å². The van der Waals surface area contributed by atoms with E-state index >= 15 is 0 Å². The van der Waals surface area contributed by atoms with Gasteiger partial charge in [-0.1, -0.05) is 29.3 Å². The van der Waals surface area contributed by atoms with Gasteiger partial charge in [0.2, 0.25) is 0 Å². The molecular weight excluding hydrogens is 466 g/mol. The highest BCUT2D eigenvalue weighted by Gasteiger charge is 2.31. The second kappa shape index (κ2) is 8.87. The molecule has 0 amide bonds. The number of aromatic nitrogens is 3. The molecule has 1 aliphatic heterocycles. The van der Waals surface area contributed by atoms with E-state index in [4.69, 9.17) is 28.9 Å². The van der Waals surface area contributed by atoms with Crippen molar-refractivity contribution in [3.63, 3.8) is 0 Å². The van der Waals surface area contributed by atoms with Gasteiger partial charge >= 0.3 is 6.18 Å². The molecule has 12 heteroatoms. The molecule has 0 bridgehead atoms. The fourth-order valence-electron chi connectivity index (χ4n) is 3.38. The van der Waals surface area contributed by atoms with Crippen molar-refractivity contribution in [2.45, 2.75) is 6.18 Å². The van der Waals surface area contributed by atoms with Gasteiger partial charge in [0.25, 0.3) is 0 Å². The van der Waals surface area contributed by atoms with Crippen molar-refractivity contribution in [2.24, 2.45) is 0 Å². The fraction of sp³-hybridized carbons (Fsp3) is 0.250. The van der Waals surface area contributed by atoms with E-state index in [0.717, 1.165) is 24.8 Å². The van der Waals surface area contributed by atoms with Gasteiger partial charge in [-0.2, -0.15) is 13.2 Å². The topological polar surface area (TPSA) is 83.2 Å². The molecule has 0 radical (unpaired) electrons.